The van der Waals surface area contributed by atoms with Gasteiger partial charge in [0.25, 0.3) is 0 Å². The Hall–Kier alpha value is -2.09. The van der Waals surface area contributed by atoms with Gasteiger partial charge in [0, 0.05) is 44.8 Å². The summed E-state index contributed by atoms with van der Waals surface area (Å²) in [4.78, 5) is 4.98. The van der Waals surface area contributed by atoms with E-state index in [4.69, 9.17) is 9.47 Å². The molecule has 2 aromatic rings. The zero-order chi connectivity index (χ0) is 20.0. The lowest BCUT2D eigenvalue weighted by Crippen LogP contribution is -2.47. The highest BCUT2D eigenvalue weighted by atomic mass is 32.2. The fourth-order valence-electron chi connectivity index (χ4n) is 3.41. The summed E-state index contributed by atoms with van der Waals surface area (Å²) in [7, 11) is 0.113. The van der Waals surface area contributed by atoms with Crippen LogP contribution in [0, 0.1) is 0 Å². The van der Waals surface area contributed by atoms with Gasteiger partial charge in [-0.3, -0.25) is 9.80 Å². The largest absolute Gasteiger partial charge is 0.497 e. The molecule has 28 heavy (non-hydrogen) atoms. The third kappa shape index (κ3) is 5.25. The van der Waals surface area contributed by atoms with Crippen molar-refractivity contribution < 1.29 is 17.9 Å². The maximum Gasteiger partial charge on any atom is 0.179 e. The van der Waals surface area contributed by atoms with Gasteiger partial charge in [0.2, 0.25) is 0 Å². The van der Waals surface area contributed by atoms with Crippen molar-refractivity contribution in [2.24, 2.45) is 0 Å². The van der Waals surface area contributed by atoms with Crippen LogP contribution in [0.4, 0.5) is 0 Å². The second kappa shape index (κ2) is 9.41. The van der Waals surface area contributed by atoms with Gasteiger partial charge in [-0.25, -0.2) is 8.42 Å². The summed E-state index contributed by atoms with van der Waals surface area (Å²) in [6, 6.07) is 14.5. The predicted octanol–water partition coefficient (Wildman–Crippen LogP) is 2.30. The van der Waals surface area contributed by atoms with Crippen LogP contribution in [0.5, 0.6) is 11.5 Å². The van der Waals surface area contributed by atoms with E-state index in [-0.39, 0.29) is 5.75 Å². The summed E-state index contributed by atoms with van der Waals surface area (Å²) in [5.41, 5.74) is 1.10. The molecule has 152 valence electrons. The average molecular weight is 405 g/mol. The minimum Gasteiger partial charge on any atom is -0.497 e. The molecule has 0 N–H and O–H groups in total. The summed E-state index contributed by atoms with van der Waals surface area (Å²) in [6.45, 7) is 4.86. The highest BCUT2D eigenvalue weighted by molar-refractivity contribution is 7.91. The van der Waals surface area contributed by atoms with Crippen LogP contribution >= 0.6 is 0 Å². The molecule has 0 amide bonds. The lowest BCUT2D eigenvalue weighted by atomic mass is 10.1. The number of hydrogen-bond acceptors (Lipinski definition) is 6. The molecule has 0 radical (unpaired) electrons. The fourth-order valence-corrected chi connectivity index (χ4v) is 4.72. The number of hydrogen-bond donors (Lipinski definition) is 0. The maximum atomic E-state index is 12.4. The number of nitrogens with zero attached hydrogens (tertiary/aromatic N) is 2. The third-order valence-corrected chi connectivity index (χ3v) is 6.84. The van der Waals surface area contributed by atoms with E-state index >= 15 is 0 Å². The highest BCUT2D eigenvalue weighted by Gasteiger charge is 2.21. The van der Waals surface area contributed by atoms with E-state index in [1.54, 1.807) is 38.5 Å². The Morgan fingerprint density at radius 2 is 1.57 bits per heavy atom. The summed E-state index contributed by atoms with van der Waals surface area (Å²) < 4.78 is 35.7. The molecule has 1 aliphatic rings. The van der Waals surface area contributed by atoms with E-state index in [0.29, 0.717) is 11.4 Å². The SMILES string of the molecule is COc1ccc(OC)c(CN2CCN(CCS(=O)(=O)c3ccccc3)CC2)c1. The van der Waals surface area contributed by atoms with Crippen molar-refractivity contribution in [3.05, 3.63) is 54.1 Å². The smallest absolute Gasteiger partial charge is 0.179 e. The van der Waals surface area contributed by atoms with Gasteiger partial charge in [-0.2, -0.15) is 0 Å². The lowest BCUT2D eigenvalue weighted by Gasteiger charge is -2.34. The minimum atomic E-state index is -3.22. The van der Waals surface area contributed by atoms with Crippen LogP contribution in [-0.4, -0.2) is 70.9 Å². The molecule has 0 atom stereocenters. The van der Waals surface area contributed by atoms with Gasteiger partial charge in [0.1, 0.15) is 11.5 Å². The Morgan fingerprint density at radius 1 is 0.893 bits per heavy atom. The normalized spacial score (nSPS) is 16.1. The molecule has 2 aromatic carbocycles. The summed E-state index contributed by atoms with van der Waals surface area (Å²) >= 11 is 0. The Labute approximate surface area is 167 Å². The maximum absolute atomic E-state index is 12.4. The van der Waals surface area contributed by atoms with Gasteiger partial charge in [-0.05, 0) is 30.3 Å². The van der Waals surface area contributed by atoms with Crippen LogP contribution in [0.1, 0.15) is 5.56 Å². The van der Waals surface area contributed by atoms with E-state index < -0.39 is 9.84 Å². The fraction of sp³-hybridized carbons (Fsp3) is 0.429. The molecule has 0 saturated carbocycles. The van der Waals surface area contributed by atoms with E-state index in [9.17, 15) is 8.42 Å². The monoisotopic (exact) mass is 404 g/mol. The molecular formula is C21H28N2O4S. The molecular weight excluding hydrogens is 376 g/mol. The molecule has 0 unspecified atom stereocenters. The molecule has 0 bridgehead atoms. The van der Waals surface area contributed by atoms with E-state index in [1.165, 1.54) is 0 Å². The number of rotatable bonds is 8. The minimum absolute atomic E-state index is 0.153. The third-order valence-electron chi connectivity index (χ3n) is 5.12. The first-order chi connectivity index (χ1) is 13.5. The summed E-state index contributed by atoms with van der Waals surface area (Å²) in [6.07, 6.45) is 0. The van der Waals surface area contributed by atoms with Crippen LogP contribution in [0.15, 0.2) is 53.4 Å². The van der Waals surface area contributed by atoms with Gasteiger partial charge >= 0.3 is 0 Å². The lowest BCUT2D eigenvalue weighted by molar-refractivity contribution is 0.131. The van der Waals surface area contributed by atoms with Crippen LogP contribution in [0.25, 0.3) is 0 Å². The molecule has 1 saturated heterocycles. The van der Waals surface area contributed by atoms with Crippen molar-refractivity contribution in [1.29, 1.82) is 0 Å². The van der Waals surface area contributed by atoms with Crippen LogP contribution in [-0.2, 0) is 16.4 Å². The first kappa shape index (κ1) is 20.6. The first-order valence-electron chi connectivity index (χ1n) is 9.45. The Kier molecular flexibility index (Phi) is 6.93. The molecule has 3 rings (SSSR count). The van der Waals surface area contributed by atoms with Crippen LogP contribution in [0.3, 0.4) is 0 Å². The second-order valence-corrected chi connectivity index (χ2v) is 9.04. The quantitative estimate of drug-likeness (QED) is 0.673. The Bertz CT molecular complexity index is 863. The standard InChI is InChI=1S/C21H28N2O4S/c1-26-19-8-9-21(27-2)18(16-19)17-23-12-10-22(11-13-23)14-15-28(24,25)20-6-4-3-5-7-20/h3-9,16H,10-15,17H2,1-2H3. The first-order valence-corrected chi connectivity index (χ1v) is 11.1. The van der Waals surface area contributed by atoms with Gasteiger partial charge in [-0.1, -0.05) is 18.2 Å². The Morgan fingerprint density at radius 3 is 2.21 bits per heavy atom. The van der Waals surface area contributed by atoms with Gasteiger partial charge in [-0.15, -0.1) is 0 Å². The molecule has 7 heteroatoms. The zero-order valence-corrected chi connectivity index (χ0v) is 17.3. The molecule has 1 heterocycles. The van der Waals surface area contributed by atoms with Gasteiger partial charge < -0.3 is 9.47 Å². The molecule has 0 spiro atoms. The molecule has 1 aliphatic heterocycles. The van der Waals surface area contributed by atoms with Gasteiger partial charge in [0.15, 0.2) is 9.84 Å². The van der Waals surface area contributed by atoms with Crippen LogP contribution < -0.4 is 9.47 Å². The molecule has 1 fully saturated rings. The number of piperazine rings is 1. The Balaban J connectivity index is 1.51. The average Bonchev–Trinajstić information content (AvgIpc) is 2.74. The predicted molar refractivity (Wildman–Crippen MR) is 110 cm³/mol. The number of methoxy groups -OCH3 is 2. The van der Waals surface area contributed by atoms with Gasteiger partial charge in [0.05, 0.1) is 24.9 Å². The molecule has 0 aliphatic carbocycles. The van der Waals surface area contributed by atoms with E-state index in [0.717, 1.165) is 49.8 Å². The van der Waals surface area contributed by atoms with E-state index in [2.05, 4.69) is 9.80 Å². The molecule has 6 nitrogen and oxygen atoms in total. The van der Waals surface area contributed by atoms with Crippen molar-refractivity contribution in [3.8, 4) is 11.5 Å². The number of benzene rings is 2. The van der Waals surface area contributed by atoms with Crippen molar-refractivity contribution in [2.45, 2.75) is 11.4 Å². The van der Waals surface area contributed by atoms with Crippen molar-refractivity contribution in [2.75, 3.05) is 52.7 Å². The van der Waals surface area contributed by atoms with Crippen molar-refractivity contribution >= 4 is 9.84 Å². The van der Waals surface area contributed by atoms with Crippen molar-refractivity contribution in [1.82, 2.24) is 9.80 Å². The number of ether oxygens (including phenoxy) is 2. The van der Waals surface area contributed by atoms with Crippen LogP contribution in [0.2, 0.25) is 0 Å². The highest BCUT2D eigenvalue weighted by Crippen LogP contribution is 2.25. The molecule has 0 aromatic heterocycles. The topological polar surface area (TPSA) is 59.1 Å². The van der Waals surface area contributed by atoms with E-state index in [1.807, 2.05) is 24.3 Å². The van der Waals surface area contributed by atoms with Crippen molar-refractivity contribution in [3.63, 3.8) is 0 Å². The summed E-state index contributed by atoms with van der Waals surface area (Å²) in [5.74, 6) is 1.83. The number of sulfone groups is 1. The second-order valence-electron chi connectivity index (χ2n) is 6.93. The summed E-state index contributed by atoms with van der Waals surface area (Å²) in [5, 5.41) is 0. The zero-order valence-electron chi connectivity index (χ0n) is 16.5.